The van der Waals surface area contributed by atoms with Crippen LogP contribution >= 0.6 is 24.0 Å². The molecule has 1 unspecified atom stereocenters. The summed E-state index contributed by atoms with van der Waals surface area (Å²) in [6.07, 6.45) is 11.8. The quantitative estimate of drug-likeness (QED) is 0.339. The maximum absolute atomic E-state index is 12.8. The molecule has 2 N–H and O–H groups in total. The lowest BCUT2D eigenvalue weighted by atomic mass is 9.96. The van der Waals surface area contributed by atoms with Gasteiger partial charge in [0.15, 0.2) is 11.8 Å². The van der Waals surface area contributed by atoms with Crippen LogP contribution in [0, 0.1) is 12.8 Å². The first kappa shape index (κ1) is 24.3. The predicted octanol–water partition coefficient (Wildman–Crippen LogP) is 2.90. The lowest BCUT2D eigenvalue weighted by molar-refractivity contribution is -0.134. The molecule has 0 bridgehead atoms. The number of aromatic nitrogens is 3. The summed E-state index contributed by atoms with van der Waals surface area (Å²) in [7, 11) is 1.98. The second-order valence-electron chi connectivity index (χ2n) is 9.26. The van der Waals surface area contributed by atoms with E-state index in [-0.39, 0.29) is 35.9 Å². The Bertz CT molecular complexity index is 753. The number of likely N-dealkylation sites (tertiary alicyclic amines) is 1. The minimum atomic E-state index is 0. The first-order valence-electron chi connectivity index (χ1n) is 11.8. The van der Waals surface area contributed by atoms with Crippen LogP contribution in [-0.4, -0.2) is 56.7 Å². The largest absolute Gasteiger partial charge is 0.354 e. The maximum atomic E-state index is 12.8. The van der Waals surface area contributed by atoms with Crippen molar-refractivity contribution in [3.63, 3.8) is 0 Å². The number of aryl methyl sites for hydroxylation is 1. The first-order chi connectivity index (χ1) is 14.6. The van der Waals surface area contributed by atoms with E-state index in [0.29, 0.717) is 18.5 Å². The molecule has 1 aliphatic heterocycles. The van der Waals surface area contributed by atoms with Crippen LogP contribution < -0.4 is 10.6 Å². The number of aliphatic imine (C=N–C) groups is 1. The zero-order chi connectivity index (χ0) is 20.9. The molecule has 9 heteroatoms. The smallest absolute Gasteiger partial charge is 0.225 e. The van der Waals surface area contributed by atoms with Gasteiger partial charge in [-0.3, -0.25) is 4.79 Å². The van der Waals surface area contributed by atoms with Crippen LogP contribution in [-0.2, 0) is 18.4 Å². The van der Waals surface area contributed by atoms with Gasteiger partial charge in [0.05, 0.1) is 0 Å². The molecule has 0 radical (unpaired) electrons. The Morgan fingerprint density at radius 3 is 2.35 bits per heavy atom. The minimum Gasteiger partial charge on any atom is -0.354 e. The molecule has 4 rings (SSSR count). The second-order valence-corrected chi connectivity index (χ2v) is 9.26. The van der Waals surface area contributed by atoms with Crippen molar-refractivity contribution in [1.29, 1.82) is 0 Å². The van der Waals surface area contributed by atoms with E-state index in [9.17, 15) is 4.79 Å². The first-order valence-corrected chi connectivity index (χ1v) is 11.8. The van der Waals surface area contributed by atoms with Crippen LogP contribution in [0.4, 0.5) is 0 Å². The molecule has 1 amide bonds. The highest BCUT2D eigenvalue weighted by molar-refractivity contribution is 14.0. The number of carbonyl (C=O) groups excluding carboxylic acids is 1. The third kappa shape index (κ3) is 6.32. The van der Waals surface area contributed by atoms with Crippen LogP contribution in [0.25, 0.3) is 0 Å². The Hall–Kier alpha value is -1.39. The van der Waals surface area contributed by atoms with Crippen molar-refractivity contribution in [3.8, 4) is 0 Å². The molecular formula is C22H38IN7O. The van der Waals surface area contributed by atoms with Gasteiger partial charge in [-0.1, -0.05) is 32.1 Å². The van der Waals surface area contributed by atoms with Crippen molar-refractivity contribution in [3.05, 3.63) is 11.6 Å². The van der Waals surface area contributed by atoms with E-state index in [1.165, 1.54) is 44.9 Å². The summed E-state index contributed by atoms with van der Waals surface area (Å²) in [4.78, 5) is 19.7. The molecule has 3 aliphatic rings. The fourth-order valence-electron chi connectivity index (χ4n) is 5.01. The van der Waals surface area contributed by atoms with Crippen LogP contribution in [0.1, 0.15) is 75.9 Å². The third-order valence-electron chi connectivity index (χ3n) is 7.05. The summed E-state index contributed by atoms with van der Waals surface area (Å²) in [5.41, 5.74) is 0. The van der Waals surface area contributed by atoms with Crippen molar-refractivity contribution < 1.29 is 4.79 Å². The molecule has 0 aromatic carbocycles. The number of amides is 1. The summed E-state index contributed by atoms with van der Waals surface area (Å²) < 4.78 is 1.99. The molecule has 2 heterocycles. The molecule has 1 aromatic heterocycles. The van der Waals surface area contributed by atoms with Crippen LogP contribution in [0.3, 0.4) is 0 Å². The van der Waals surface area contributed by atoms with Gasteiger partial charge in [0, 0.05) is 38.1 Å². The SMILES string of the molecule is Cc1nnc(CN=C(NC2CCCCC2)NC2CCN(C(=O)C3CCCC3)C2)n1C.I. The maximum Gasteiger partial charge on any atom is 0.225 e. The van der Waals surface area contributed by atoms with Gasteiger partial charge in [-0.25, -0.2) is 4.99 Å². The molecule has 8 nitrogen and oxygen atoms in total. The van der Waals surface area contributed by atoms with Gasteiger partial charge in [-0.15, -0.1) is 34.2 Å². The zero-order valence-electron chi connectivity index (χ0n) is 19.0. The Kier molecular flexibility index (Phi) is 8.97. The highest BCUT2D eigenvalue weighted by atomic mass is 127. The average Bonchev–Trinajstić information content (AvgIpc) is 3.51. The van der Waals surface area contributed by atoms with Gasteiger partial charge in [-0.2, -0.15) is 0 Å². The Morgan fingerprint density at radius 2 is 1.68 bits per heavy atom. The number of hydrogen-bond donors (Lipinski definition) is 2. The lowest BCUT2D eigenvalue weighted by Crippen LogP contribution is -2.49. The summed E-state index contributed by atoms with van der Waals surface area (Å²) >= 11 is 0. The van der Waals surface area contributed by atoms with Gasteiger partial charge < -0.3 is 20.1 Å². The molecule has 31 heavy (non-hydrogen) atoms. The van der Waals surface area contributed by atoms with E-state index < -0.39 is 0 Å². The third-order valence-corrected chi connectivity index (χ3v) is 7.05. The van der Waals surface area contributed by atoms with E-state index in [1.54, 1.807) is 0 Å². The number of rotatable bonds is 5. The summed E-state index contributed by atoms with van der Waals surface area (Å²) in [5.74, 6) is 3.23. The highest BCUT2D eigenvalue weighted by Crippen LogP contribution is 2.28. The van der Waals surface area contributed by atoms with Crippen LogP contribution in [0.15, 0.2) is 4.99 Å². The molecular weight excluding hydrogens is 505 g/mol. The van der Waals surface area contributed by atoms with Crippen molar-refractivity contribution in [2.75, 3.05) is 13.1 Å². The molecule has 3 fully saturated rings. The molecule has 2 aliphatic carbocycles. The molecule has 174 valence electrons. The number of guanidine groups is 1. The van der Waals surface area contributed by atoms with Gasteiger partial charge in [0.1, 0.15) is 12.4 Å². The molecule has 0 spiro atoms. The van der Waals surface area contributed by atoms with E-state index in [2.05, 4.69) is 25.7 Å². The standard InChI is InChI=1S/C22H37N7O.HI/c1-16-26-27-20(28(16)2)14-23-22(24-18-10-4-3-5-11-18)25-19-12-13-29(15-19)21(30)17-8-6-7-9-17;/h17-19H,3-15H2,1-2H3,(H2,23,24,25);1H. The van der Waals surface area contributed by atoms with E-state index in [1.807, 2.05) is 18.5 Å². The molecule has 1 atom stereocenters. The van der Waals surface area contributed by atoms with Crippen LogP contribution in [0.5, 0.6) is 0 Å². The highest BCUT2D eigenvalue weighted by Gasteiger charge is 2.32. The summed E-state index contributed by atoms with van der Waals surface area (Å²) in [5, 5.41) is 15.7. The van der Waals surface area contributed by atoms with Crippen molar-refractivity contribution >= 4 is 35.8 Å². The fourth-order valence-corrected chi connectivity index (χ4v) is 5.01. The van der Waals surface area contributed by atoms with Crippen molar-refractivity contribution in [1.82, 2.24) is 30.3 Å². The predicted molar refractivity (Wildman–Crippen MR) is 132 cm³/mol. The molecule has 1 saturated heterocycles. The lowest BCUT2D eigenvalue weighted by Gasteiger charge is -2.27. The second kappa shape index (κ2) is 11.5. The Morgan fingerprint density at radius 1 is 1.00 bits per heavy atom. The summed E-state index contributed by atoms with van der Waals surface area (Å²) in [6, 6.07) is 0.732. The Labute approximate surface area is 203 Å². The van der Waals surface area contributed by atoms with Crippen LogP contribution in [0.2, 0.25) is 0 Å². The van der Waals surface area contributed by atoms with E-state index in [0.717, 1.165) is 50.0 Å². The molecule has 1 aromatic rings. The Balaban J connectivity index is 0.00000272. The number of nitrogens with one attached hydrogen (secondary N) is 2. The van der Waals surface area contributed by atoms with E-state index in [4.69, 9.17) is 4.99 Å². The zero-order valence-corrected chi connectivity index (χ0v) is 21.3. The van der Waals surface area contributed by atoms with Gasteiger partial charge >= 0.3 is 0 Å². The normalized spacial score (nSPS) is 23.1. The van der Waals surface area contributed by atoms with Gasteiger partial charge in [0.2, 0.25) is 5.91 Å². The number of hydrogen-bond acceptors (Lipinski definition) is 4. The number of halogens is 1. The number of nitrogens with zero attached hydrogens (tertiary/aromatic N) is 5. The topological polar surface area (TPSA) is 87.4 Å². The molecule has 2 saturated carbocycles. The monoisotopic (exact) mass is 543 g/mol. The average molecular weight is 543 g/mol. The van der Waals surface area contributed by atoms with Crippen molar-refractivity contribution in [2.24, 2.45) is 18.0 Å². The van der Waals surface area contributed by atoms with Gasteiger partial charge in [-0.05, 0) is 39.0 Å². The summed E-state index contributed by atoms with van der Waals surface area (Å²) in [6.45, 7) is 4.08. The number of carbonyl (C=O) groups is 1. The van der Waals surface area contributed by atoms with Crippen molar-refractivity contribution in [2.45, 2.75) is 89.8 Å². The van der Waals surface area contributed by atoms with E-state index >= 15 is 0 Å². The minimum absolute atomic E-state index is 0. The van der Waals surface area contributed by atoms with Gasteiger partial charge in [0.25, 0.3) is 0 Å². The fraction of sp³-hybridized carbons (Fsp3) is 0.818.